The Balaban J connectivity index is 2.53. The van der Waals surface area contributed by atoms with Crippen LogP contribution in [0.3, 0.4) is 0 Å². The van der Waals surface area contributed by atoms with E-state index >= 15 is 0 Å². The van der Waals surface area contributed by atoms with Crippen LogP contribution < -0.4 is 17.0 Å². The number of nitrogens with one attached hydrogen (secondary N) is 1. The maximum absolute atomic E-state index is 12.0. The van der Waals surface area contributed by atoms with Crippen molar-refractivity contribution >= 4 is 22.5 Å². The zero-order valence-corrected chi connectivity index (χ0v) is 10.3. The Bertz CT molecular complexity index is 900. The molecule has 1 aromatic carbocycles. The van der Waals surface area contributed by atoms with Crippen molar-refractivity contribution in [1.29, 1.82) is 5.26 Å². The first kappa shape index (κ1) is 11.8. The first-order valence-electron chi connectivity index (χ1n) is 5.79. The van der Waals surface area contributed by atoms with E-state index in [-0.39, 0.29) is 22.6 Å². The normalized spacial score (nSPS) is 10.6. The zero-order chi connectivity index (χ0) is 14.3. The summed E-state index contributed by atoms with van der Waals surface area (Å²) in [6, 6.07) is 11.1. The van der Waals surface area contributed by atoms with E-state index in [9.17, 15) is 10.1 Å². The van der Waals surface area contributed by atoms with E-state index in [4.69, 9.17) is 11.5 Å². The maximum Gasteiger partial charge on any atom is 0.262 e. The van der Waals surface area contributed by atoms with E-state index in [2.05, 4.69) is 10.1 Å². The molecule has 98 valence electrons. The number of pyridine rings is 1. The number of aromatic nitrogens is 3. The number of para-hydroxylation sites is 1. The number of anilines is 2. The summed E-state index contributed by atoms with van der Waals surface area (Å²) < 4.78 is 1.45. The third-order valence-electron chi connectivity index (χ3n) is 3.01. The minimum atomic E-state index is -0.462. The summed E-state index contributed by atoms with van der Waals surface area (Å²) in [7, 11) is 0. The zero-order valence-electron chi connectivity index (χ0n) is 10.3. The van der Waals surface area contributed by atoms with Crippen molar-refractivity contribution in [3.8, 4) is 11.8 Å². The quantitative estimate of drug-likeness (QED) is 0.599. The van der Waals surface area contributed by atoms with E-state index in [1.165, 1.54) is 4.68 Å². The number of nitrogens with zero attached hydrogens (tertiary/aromatic N) is 3. The van der Waals surface area contributed by atoms with Crippen LogP contribution in [0.4, 0.5) is 11.6 Å². The molecule has 5 N–H and O–H groups in total. The lowest BCUT2D eigenvalue weighted by atomic mass is 10.2. The van der Waals surface area contributed by atoms with Crippen LogP contribution in [0.15, 0.2) is 35.1 Å². The van der Waals surface area contributed by atoms with Crippen LogP contribution in [-0.4, -0.2) is 14.8 Å². The van der Waals surface area contributed by atoms with Gasteiger partial charge in [-0.15, -0.1) is 5.10 Å². The van der Waals surface area contributed by atoms with E-state index in [1.807, 2.05) is 24.3 Å². The van der Waals surface area contributed by atoms with Gasteiger partial charge in [-0.1, -0.05) is 18.2 Å². The fraction of sp³-hybridized carbons (Fsp3) is 0. The molecule has 7 nitrogen and oxygen atoms in total. The van der Waals surface area contributed by atoms with Crippen molar-refractivity contribution in [2.45, 2.75) is 0 Å². The van der Waals surface area contributed by atoms with Crippen LogP contribution in [-0.2, 0) is 0 Å². The molecule has 0 saturated heterocycles. The molecule has 0 spiro atoms. The fourth-order valence-electron chi connectivity index (χ4n) is 2.13. The highest BCUT2D eigenvalue weighted by atomic mass is 16.1. The Morgan fingerprint density at radius 2 is 1.95 bits per heavy atom. The van der Waals surface area contributed by atoms with Gasteiger partial charge in [0.2, 0.25) is 0 Å². The van der Waals surface area contributed by atoms with Crippen LogP contribution in [0.5, 0.6) is 0 Å². The Morgan fingerprint density at radius 3 is 2.60 bits per heavy atom. The van der Waals surface area contributed by atoms with Gasteiger partial charge in [-0.25, -0.2) is 4.68 Å². The standard InChI is InChI=1S/C13H10N6O/c14-6-8-10-9(13(20)17-11(8)15)12(16)18-19(10)7-4-2-1-3-5-7/h1-5H,(H2,16,18)(H3,15,17,20). The molecule has 7 heteroatoms. The molecular formula is C13H10N6O. The number of aromatic amines is 1. The van der Waals surface area contributed by atoms with Crippen LogP contribution >= 0.6 is 0 Å². The average Bonchev–Trinajstić information content (AvgIpc) is 2.78. The average molecular weight is 266 g/mol. The second-order valence-electron chi connectivity index (χ2n) is 4.21. The summed E-state index contributed by atoms with van der Waals surface area (Å²) in [4.78, 5) is 14.4. The van der Waals surface area contributed by atoms with Gasteiger partial charge in [-0.3, -0.25) is 4.79 Å². The predicted octanol–water partition coefficient (Wildman–Crippen LogP) is 0.750. The Kier molecular flexibility index (Phi) is 2.44. The Labute approximate surface area is 113 Å². The maximum atomic E-state index is 12.0. The number of nitriles is 1. The monoisotopic (exact) mass is 266 g/mol. The molecule has 0 radical (unpaired) electrons. The number of hydrogen-bond donors (Lipinski definition) is 3. The van der Waals surface area contributed by atoms with E-state index in [0.29, 0.717) is 11.2 Å². The smallest absolute Gasteiger partial charge is 0.262 e. The van der Waals surface area contributed by atoms with Gasteiger partial charge in [-0.2, -0.15) is 5.26 Å². The molecule has 0 aliphatic heterocycles. The highest BCUT2D eigenvalue weighted by molar-refractivity contribution is 5.95. The first-order chi connectivity index (χ1) is 9.63. The van der Waals surface area contributed by atoms with Crippen LogP contribution in [0.25, 0.3) is 16.6 Å². The molecule has 3 rings (SSSR count). The molecule has 2 heterocycles. The third kappa shape index (κ3) is 1.52. The summed E-state index contributed by atoms with van der Waals surface area (Å²) >= 11 is 0. The van der Waals surface area contributed by atoms with Crippen molar-refractivity contribution in [3.63, 3.8) is 0 Å². The largest absolute Gasteiger partial charge is 0.384 e. The number of nitrogens with two attached hydrogens (primary N) is 2. The lowest BCUT2D eigenvalue weighted by Crippen LogP contribution is -2.12. The molecule has 0 fully saturated rings. The van der Waals surface area contributed by atoms with Crippen LogP contribution in [0, 0.1) is 11.3 Å². The summed E-state index contributed by atoms with van der Waals surface area (Å²) in [5.41, 5.74) is 12.2. The lowest BCUT2D eigenvalue weighted by Gasteiger charge is -2.05. The Morgan fingerprint density at radius 1 is 1.25 bits per heavy atom. The summed E-state index contributed by atoms with van der Waals surface area (Å²) in [6.07, 6.45) is 0. The third-order valence-corrected chi connectivity index (χ3v) is 3.01. The summed E-state index contributed by atoms with van der Waals surface area (Å²) in [6.45, 7) is 0. The van der Waals surface area contributed by atoms with Gasteiger partial charge >= 0.3 is 0 Å². The number of fused-ring (bicyclic) bond motifs is 1. The second kappa shape index (κ2) is 4.13. The first-order valence-corrected chi connectivity index (χ1v) is 5.79. The fourth-order valence-corrected chi connectivity index (χ4v) is 2.13. The minimum Gasteiger partial charge on any atom is -0.384 e. The SMILES string of the molecule is N#Cc1c(N)[nH]c(=O)c2c(N)nn(-c3ccccc3)c12. The van der Waals surface area contributed by atoms with E-state index < -0.39 is 5.56 Å². The van der Waals surface area contributed by atoms with Gasteiger partial charge in [0, 0.05) is 0 Å². The predicted molar refractivity (Wildman–Crippen MR) is 75.2 cm³/mol. The number of nitrogen functional groups attached to an aromatic ring is 2. The molecular weight excluding hydrogens is 256 g/mol. The van der Waals surface area contributed by atoms with Gasteiger partial charge in [0.05, 0.1) is 5.69 Å². The number of H-pyrrole nitrogens is 1. The van der Waals surface area contributed by atoms with E-state index in [0.717, 1.165) is 0 Å². The molecule has 2 aromatic heterocycles. The molecule has 0 bridgehead atoms. The summed E-state index contributed by atoms with van der Waals surface area (Å²) in [5.74, 6) is 0.0590. The van der Waals surface area contributed by atoms with Gasteiger partial charge in [0.15, 0.2) is 5.82 Å². The number of benzene rings is 1. The Hall–Kier alpha value is -3.27. The van der Waals surface area contributed by atoms with E-state index in [1.54, 1.807) is 12.1 Å². The molecule has 0 saturated carbocycles. The molecule has 0 aliphatic carbocycles. The van der Waals surface area contributed by atoms with Crippen molar-refractivity contribution in [3.05, 3.63) is 46.2 Å². The molecule has 0 amide bonds. The highest BCUT2D eigenvalue weighted by Crippen LogP contribution is 2.25. The summed E-state index contributed by atoms with van der Waals surface area (Å²) in [5, 5.41) is 13.6. The number of rotatable bonds is 1. The van der Waals surface area contributed by atoms with Crippen molar-refractivity contribution in [1.82, 2.24) is 14.8 Å². The van der Waals surface area contributed by atoms with Crippen molar-refractivity contribution < 1.29 is 0 Å². The van der Waals surface area contributed by atoms with Crippen molar-refractivity contribution in [2.75, 3.05) is 11.5 Å². The lowest BCUT2D eigenvalue weighted by molar-refractivity contribution is 0.915. The molecule has 0 atom stereocenters. The van der Waals surface area contributed by atoms with Gasteiger partial charge in [0.25, 0.3) is 5.56 Å². The minimum absolute atomic E-state index is 0.00193. The molecule has 20 heavy (non-hydrogen) atoms. The van der Waals surface area contributed by atoms with Gasteiger partial charge < -0.3 is 16.5 Å². The highest BCUT2D eigenvalue weighted by Gasteiger charge is 2.19. The molecule has 3 aromatic rings. The van der Waals surface area contributed by atoms with Gasteiger partial charge in [-0.05, 0) is 12.1 Å². The second-order valence-corrected chi connectivity index (χ2v) is 4.21. The number of hydrogen-bond acceptors (Lipinski definition) is 5. The van der Waals surface area contributed by atoms with Crippen LogP contribution in [0.2, 0.25) is 0 Å². The topological polar surface area (TPSA) is 127 Å². The molecule has 0 aliphatic rings. The van der Waals surface area contributed by atoms with Gasteiger partial charge in [0.1, 0.15) is 28.4 Å². The van der Waals surface area contributed by atoms with Crippen molar-refractivity contribution in [2.24, 2.45) is 0 Å². The molecule has 0 unspecified atom stereocenters. The van der Waals surface area contributed by atoms with Crippen LogP contribution in [0.1, 0.15) is 5.56 Å².